The van der Waals surface area contributed by atoms with Gasteiger partial charge in [0.15, 0.2) is 0 Å². The normalized spacial score (nSPS) is 9.96. The van der Waals surface area contributed by atoms with Gasteiger partial charge in [0, 0.05) is 5.56 Å². The minimum atomic E-state index is -1.31. The highest BCUT2D eigenvalue weighted by atomic mass is 16.5. The Labute approximate surface area is 141 Å². The molecule has 0 bridgehead atoms. The van der Waals surface area contributed by atoms with E-state index in [9.17, 15) is 19.2 Å². The summed E-state index contributed by atoms with van der Waals surface area (Å²) < 4.78 is 4.55. The van der Waals surface area contributed by atoms with E-state index in [2.05, 4.69) is 10.1 Å². The van der Waals surface area contributed by atoms with Gasteiger partial charge in [-0.3, -0.25) is 4.79 Å². The molecule has 8 heteroatoms. The molecule has 25 heavy (non-hydrogen) atoms. The quantitative estimate of drug-likeness (QED) is 0.709. The molecule has 1 amide bonds. The number of hydrogen-bond acceptors (Lipinski definition) is 5. The highest BCUT2D eigenvalue weighted by molar-refractivity contribution is 6.09. The molecule has 0 atom stereocenters. The van der Waals surface area contributed by atoms with E-state index in [1.807, 2.05) is 0 Å². The average molecular weight is 343 g/mol. The number of benzene rings is 2. The Bertz CT molecular complexity index is 856. The van der Waals surface area contributed by atoms with E-state index in [4.69, 9.17) is 10.2 Å². The summed E-state index contributed by atoms with van der Waals surface area (Å²) in [5.41, 5.74) is -0.150. The van der Waals surface area contributed by atoms with E-state index >= 15 is 0 Å². The standard InChI is InChI=1S/C17H13NO7/c1-25-17(24)10-4-2-9(3-5-10)14(19)18-13-8-11(15(20)21)6-7-12(13)16(22)23/h2-8H,1H3,(H,18,19)(H,20,21)(H,22,23). The lowest BCUT2D eigenvalue weighted by Gasteiger charge is -2.10. The van der Waals surface area contributed by atoms with Crippen LogP contribution in [0.4, 0.5) is 5.69 Å². The predicted octanol–water partition coefficient (Wildman–Crippen LogP) is 2.12. The lowest BCUT2D eigenvalue weighted by molar-refractivity contribution is 0.0598. The Kier molecular flexibility index (Phi) is 5.13. The maximum atomic E-state index is 12.3. The van der Waals surface area contributed by atoms with E-state index in [-0.39, 0.29) is 27.9 Å². The number of amides is 1. The van der Waals surface area contributed by atoms with Crippen LogP contribution in [0, 0.1) is 0 Å². The monoisotopic (exact) mass is 343 g/mol. The van der Waals surface area contributed by atoms with Crippen LogP contribution in [0.5, 0.6) is 0 Å². The van der Waals surface area contributed by atoms with Crippen molar-refractivity contribution in [3.05, 3.63) is 64.7 Å². The van der Waals surface area contributed by atoms with Crippen molar-refractivity contribution in [2.45, 2.75) is 0 Å². The van der Waals surface area contributed by atoms with Gasteiger partial charge in [-0.25, -0.2) is 14.4 Å². The maximum Gasteiger partial charge on any atom is 0.337 e. The molecule has 0 radical (unpaired) electrons. The molecule has 0 fully saturated rings. The first kappa shape index (κ1) is 17.7. The molecule has 0 aromatic heterocycles. The minimum Gasteiger partial charge on any atom is -0.478 e. The van der Waals surface area contributed by atoms with Gasteiger partial charge in [-0.05, 0) is 42.5 Å². The second-order valence-electron chi connectivity index (χ2n) is 4.89. The number of carbonyl (C=O) groups excluding carboxylic acids is 2. The van der Waals surface area contributed by atoms with Gasteiger partial charge in [-0.1, -0.05) is 0 Å². The first-order valence-corrected chi connectivity index (χ1v) is 6.94. The third-order valence-electron chi connectivity index (χ3n) is 3.31. The zero-order chi connectivity index (χ0) is 18.6. The predicted molar refractivity (Wildman–Crippen MR) is 86.1 cm³/mol. The van der Waals surface area contributed by atoms with Gasteiger partial charge in [-0.2, -0.15) is 0 Å². The first-order valence-electron chi connectivity index (χ1n) is 6.94. The molecule has 0 heterocycles. The molecule has 0 saturated heterocycles. The van der Waals surface area contributed by atoms with Crippen molar-refractivity contribution in [2.24, 2.45) is 0 Å². The van der Waals surface area contributed by atoms with E-state index < -0.39 is 23.8 Å². The number of rotatable bonds is 5. The van der Waals surface area contributed by atoms with Crippen LogP contribution in [0.3, 0.4) is 0 Å². The SMILES string of the molecule is COC(=O)c1ccc(C(=O)Nc2cc(C(=O)O)ccc2C(=O)O)cc1. The summed E-state index contributed by atoms with van der Waals surface area (Å²) in [5, 5.41) is 20.5. The van der Waals surface area contributed by atoms with Crippen molar-refractivity contribution < 1.29 is 34.1 Å². The molecular weight excluding hydrogens is 330 g/mol. The van der Waals surface area contributed by atoms with Crippen molar-refractivity contribution in [2.75, 3.05) is 12.4 Å². The molecule has 0 aliphatic carbocycles. The Balaban J connectivity index is 2.30. The van der Waals surface area contributed by atoms with E-state index in [1.54, 1.807) is 0 Å². The van der Waals surface area contributed by atoms with Crippen LogP contribution in [-0.2, 0) is 4.74 Å². The molecule has 0 saturated carbocycles. The highest BCUT2D eigenvalue weighted by Gasteiger charge is 2.16. The third-order valence-corrected chi connectivity index (χ3v) is 3.31. The smallest absolute Gasteiger partial charge is 0.337 e. The van der Waals surface area contributed by atoms with Crippen LogP contribution in [-0.4, -0.2) is 41.1 Å². The fraction of sp³-hybridized carbons (Fsp3) is 0.0588. The Morgan fingerprint density at radius 1 is 0.840 bits per heavy atom. The second-order valence-corrected chi connectivity index (χ2v) is 4.89. The Morgan fingerprint density at radius 2 is 1.40 bits per heavy atom. The zero-order valence-electron chi connectivity index (χ0n) is 13.0. The van der Waals surface area contributed by atoms with Crippen molar-refractivity contribution in [3.8, 4) is 0 Å². The number of ether oxygens (including phenoxy) is 1. The Hall–Kier alpha value is -3.68. The van der Waals surface area contributed by atoms with Gasteiger partial charge in [0.1, 0.15) is 0 Å². The van der Waals surface area contributed by atoms with Crippen LogP contribution in [0.2, 0.25) is 0 Å². The van der Waals surface area contributed by atoms with E-state index in [0.29, 0.717) is 0 Å². The molecule has 2 aromatic carbocycles. The number of esters is 1. The summed E-state index contributed by atoms with van der Waals surface area (Å²) in [7, 11) is 1.23. The lowest BCUT2D eigenvalue weighted by atomic mass is 10.1. The summed E-state index contributed by atoms with van der Waals surface area (Å²) in [4.78, 5) is 45.9. The maximum absolute atomic E-state index is 12.3. The van der Waals surface area contributed by atoms with E-state index in [0.717, 1.165) is 18.2 Å². The molecular formula is C17H13NO7. The first-order chi connectivity index (χ1) is 11.8. The topological polar surface area (TPSA) is 130 Å². The second kappa shape index (κ2) is 7.26. The van der Waals surface area contributed by atoms with Gasteiger partial charge in [-0.15, -0.1) is 0 Å². The summed E-state index contributed by atoms with van der Waals surface area (Å²) >= 11 is 0. The van der Waals surface area contributed by atoms with Crippen LogP contribution in [0.25, 0.3) is 0 Å². The number of nitrogens with one attached hydrogen (secondary N) is 1. The number of carboxylic acids is 2. The van der Waals surface area contributed by atoms with Crippen LogP contribution < -0.4 is 5.32 Å². The fourth-order valence-corrected chi connectivity index (χ4v) is 2.04. The fourth-order valence-electron chi connectivity index (χ4n) is 2.04. The number of anilines is 1. The Morgan fingerprint density at radius 3 is 1.92 bits per heavy atom. The number of aromatic carboxylic acids is 2. The van der Waals surface area contributed by atoms with Crippen LogP contribution in [0.1, 0.15) is 41.4 Å². The summed E-state index contributed by atoms with van der Waals surface area (Å²) in [6, 6.07) is 8.78. The number of methoxy groups -OCH3 is 1. The molecule has 8 nitrogen and oxygen atoms in total. The summed E-state index contributed by atoms with van der Waals surface area (Å²) in [5.74, 6) is -3.78. The summed E-state index contributed by atoms with van der Waals surface area (Å²) in [6.07, 6.45) is 0. The van der Waals surface area contributed by atoms with Crippen molar-refractivity contribution in [3.63, 3.8) is 0 Å². The van der Waals surface area contributed by atoms with Crippen molar-refractivity contribution in [1.82, 2.24) is 0 Å². The van der Waals surface area contributed by atoms with Crippen molar-refractivity contribution >= 4 is 29.5 Å². The van der Waals surface area contributed by atoms with Gasteiger partial charge < -0.3 is 20.3 Å². The third kappa shape index (κ3) is 3.99. The number of hydrogen-bond donors (Lipinski definition) is 3. The molecule has 2 rings (SSSR count). The van der Waals surface area contributed by atoms with Crippen molar-refractivity contribution in [1.29, 1.82) is 0 Å². The molecule has 128 valence electrons. The largest absolute Gasteiger partial charge is 0.478 e. The average Bonchev–Trinajstić information content (AvgIpc) is 2.60. The number of carboxylic acid groups (broad SMARTS) is 2. The van der Waals surface area contributed by atoms with Crippen LogP contribution >= 0.6 is 0 Å². The van der Waals surface area contributed by atoms with Gasteiger partial charge in [0.25, 0.3) is 5.91 Å². The number of carbonyl (C=O) groups is 4. The molecule has 2 aromatic rings. The molecule has 0 aliphatic heterocycles. The lowest BCUT2D eigenvalue weighted by Crippen LogP contribution is -2.16. The van der Waals surface area contributed by atoms with Gasteiger partial charge in [0.05, 0.1) is 29.5 Å². The zero-order valence-corrected chi connectivity index (χ0v) is 13.0. The molecule has 0 spiro atoms. The van der Waals surface area contributed by atoms with Crippen LogP contribution in [0.15, 0.2) is 42.5 Å². The minimum absolute atomic E-state index is 0.144. The highest BCUT2D eigenvalue weighted by Crippen LogP contribution is 2.19. The molecule has 0 aliphatic rings. The van der Waals surface area contributed by atoms with E-state index in [1.165, 1.54) is 31.4 Å². The van der Waals surface area contributed by atoms with Gasteiger partial charge in [0.2, 0.25) is 0 Å². The molecule has 3 N–H and O–H groups in total. The van der Waals surface area contributed by atoms with Gasteiger partial charge >= 0.3 is 17.9 Å². The summed E-state index contributed by atoms with van der Waals surface area (Å²) in [6.45, 7) is 0. The molecule has 0 unspecified atom stereocenters.